The highest BCUT2D eigenvalue weighted by Gasteiger charge is 2.16. The van der Waals surface area contributed by atoms with E-state index < -0.39 is 0 Å². The van der Waals surface area contributed by atoms with E-state index in [2.05, 4.69) is 29.3 Å². The van der Waals surface area contributed by atoms with Gasteiger partial charge in [0.05, 0.1) is 10.6 Å². The first-order chi connectivity index (χ1) is 10.1. The number of anilines is 1. The summed E-state index contributed by atoms with van der Waals surface area (Å²) in [6, 6.07) is 5.48. The fraction of sp³-hybridized carbons (Fsp3) is 0.214. The minimum absolute atomic E-state index is 0.250. The molecule has 0 atom stereocenters. The second kappa shape index (κ2) is 5.79. The number of nitrogens with zero attached hydrogens (tertiary/aromatic N) is 2. The van der Waals surface area contributed by atoms with Crippen molar-refractivity contribution in [3.05, 3.63) is 40.3 Å². The van der Waals surface area contributed by atoms with E-state index in [-0.39, 0.29) is 11.6 Å². The van der Waals surface area contributed by atoms with E-state index in [0.717, 1.165) is 10.6 Å². The van der Waals surface area contributed by atoms with Crippen molar-refractivity contribution >= 4 is 33.7 Å². The zero-order chi connectivity index (χ0) is 14.8. The van der Waals surface area contributed by atoms with Gasteiger partial charge in [-0.25, -0.2) is 4.98 Å². The molecule has 0 aliphatic rings. The summed E-state index contributed by atoms with van der Waals surface area (Å²) in [6.45, 7) is 4.12. The Labute approximate surface area is 129 Å². The third kappa shape index (κ3) is 3.03. The number of carbonyl (C=O) groups is 1. The van der Waals surface area contributed by atoms with E-state index in [4.69, 9.17) is 4.52 Å². The number of hydrogen-bond acceptors (Lipinski definition) is 6. The van der Waals surface area contributed by atoms with Crippen molar-refractivity contribution in [2.24, 2.45) is 0 Å². The molecule has 0 bridgehead atoms. The zero-order valence-electron chi connectivity index (χ0n) is 11.5. The van der Waals surface area contributed by atoms with Crippen LogP contribution in [0.3, 0.4) is 0 Å². The van der Waals surface area contributed by atoms with Crippen LogP contribution in [0, 0.1) is 0 Å². The van der Waals surface area contributed by atoms with Crippen molar-refractivity contribution in [3.63, 3.8) is 0 Å². The highest BCUT2D eigenvalue weighted by Crippen LogP contribution is 2.26. The molecule has 7 heteroatoms. The fourth-order valence-electron chi connectivity index (χ4n) is 1.69. The molecule has 0 radical (unpaired) electrons. The SMILES string of the molecule is CC(C)c1csc(NC(=O)c2cc(-c3cccs3)on2)n1. The summed E-state index contributed by atoms with van der Waals surface area (Å²) in [4.78, 5) is 17.4. The molecule has 5 nitrogen and oxygen atoms in total. The molecule has 0 aliphatic carbocycles. The summed E-state index contributed by atoms with van der Waals surface area (Å²) in [7, 11) is 0. The first-order valence-electron chi connectivity index (χ1n) is 6.41. The van der Waals surface area contributed by atoms with Gasteiger partial charge in [-0.3, -0.25) is 10.1 Å². The fourth-order valence-corrected chi connectivity index (χ4v) is 3.23. The van der Waals surface area contributed by atoms with Crippen LogP contribution in [-0.4, -0.2) is 16.0 Å². The zero-order valence-corrected chi connectivity index (χ0v) is 13.1. The van der Waals surface area contributed by atoms with Gasteiger partial charge in [0.2, 0.25) is 0 Å². The monoisotopic (exact) mass is 319 g/mol. The molecule has 1 amide bonds. The van der Waals surface area contributed by atoms with Gasteiger partial charge >= 0.3 is 0 Å². The summed E-state index contributed by atoms with van der Waals surface area (Å²) >= 11 is 2.94. The summed E-state index contributed by atoms with van der Waals surface area (Å²) in [5.74, 6) is 0.618. The van der Waals surface area contributed by atoms with Gasteiger partial charge in [0, 0.05) is 11.4 Å². The van der Waals surface area contributed by atoms with Crippen LogP contribution < -0.4 is 5.32 Å². The molecule has 0 aliphatic heterocycles. The van der Waals surface area contributed by atoms with Gasteiger partial charge in [0.1, 0.15) is 0 Å². The molecule has 0 aromatic carbocycles. The molecule has 0 fully saturated rings. The average molecular weight is 319 g/mol. The van der Waals surface area contributed by atoms with Crippen molar-refractivity contribution in [1.82, 2.24) is 10.1 Å². The van der Waals surface area contributed by atoms with Crippen LogP contribution in [0.15, 0.2) is 33.5 Å². The Bertz CT molecular complexity index is 744. The number of hydrogen-bond donors (Lipinski definition) is 1. The molecule has 3 rings (SSSR count). The molecular weight excluding hydrogens is 306 g/mol. The third-order valence-electron chi connectivity index (χ3n) is 2.84. The number of aromatic nitrogens is 2. The molecule has 3 aromatic rings. The number of nitrogens with one attached hydrogen (secondary N) is 1. The number of thiazole rings is 1. The van der Waals surface area contributed by atoms with Crippen molar-refractivity contribution in [1.29, 1.82) is 0 Å². The number of carbonyl (C=O) groups excluding carboxylic acids is 1. The number of thiophene rings is 1. The molecule has 3 aromatic heterocycles. The van der Waals surface area contributed by atoms with Crippen LogP contribution in [0.5, 0.6) is 0 Å². The minimum atomic E-state index is -0.314. The predicted molar refractivity (Wildman–Crippen MR) is 84.0 cm³/mol. The van der Waals surface area contributed by atoms with E-state index in [9.17, 15) is 4.79 Å². The molecule has 21 heavy (non-hydrogen) atoms. The van der Waals surface area contributed by atoms with E-state index in [1.807, 2.05) is 22.9 Å². The lowest BCUT2D eigenvalue weighted by atomic mass is 10.2. The molecule has 0 spiro atoms. The first-order valence-corrected chi connectivity index (χ1v) is 8.17. The Kier molecular flexibility index (Phi) is 3.85. The second-order valence-corrected chi connectivity index (χ2v) is 6.55. The standard InChI is InChI=1S/C14H13N3O2S2/c1-8(2)10-7-21-14(15-10)16-13(18)9-6-11(19-17-9)12-4-3-5-20-12/h3-8H,1-2H3,(H,15,16,18). The van der Waals surface area contributed by atoms with Gasteiger partial charge in [0.15, 0.2) is 16.6 Å². The smallest absolute Gasteiger partial charge is 0.279 e. The van der Waals surface area contributed by atoms with Crippen LogP contribution in [0.1, 0.15) is 35.9 Å². The van der Waals surface area contributed by atoms with Gasteiger partial charge in [-0.2, -0.15) is 0 Å². The second-order valence-electron chi connectivity index (χ2n) is 4.74. The Morgan fingerprint density at radius 3 is 2.90 bits per heavy atom. The van der Waals surface area contributed by atoms with Crippen LogP contribution in [-0.2, 0) is 0 Å². The van der Waals surface area contributed by atoms with E-state index >= 15 is 0 Å². The molecule has 108 valence electrons. The van der Waals surface area contributed by atoms with Crippen LogP contribution in [0.2, 0.25) is 0 Å². The lowest BCUT2D eigenvalue weighted by molar-refractivity contribution is 0.101. The normalized spacial score (nSPS) is 11.0. The third-order valence-corrected chi connectivity index (χ3v) is 4.50. The maximum Gasteiger partial charge on any atom is 0.279 e. The Morgan fingerprint density at radius 1 is 1.38 bits per heavy atom. The molecule has 1 N–H and O–H groups in total. The molecule has 0 unspecified atom stereocenters. The minimum Gasteiger partial charge on any atom is -0.355 e. The average Bonchev–Trinajstić information content (AvgIpc) is 3.19. The van der Waals surface area contributed by atoms with Gasteiger partial charge < -0.3 is 4.52 Å². The maximum absolute atomic E-state index is 12.1. The lowest BCUT2D eigenvalue weighted by Crippen LogP contribution is -2.12. The van der Waals surface area contributed by atoms with Crippen LogP contribution >= 0.6 is 22.7 Å². The Morgan fingerprint density at radius 2 is 2.24 bits per heavy atom. The topological polar surface area (TPSA) is 68.0 Å². The van der Waals surface area contributed by atoms with Gasteiger partial charge in [-0.15, -0.1) is 22.7 Å². The van der Waals surface area contributed by atoms with Gasteiger partial charge in [-0.1, -0.05) is 25.1 Å². The maximum atomic E-state index is 12.1. The highest BCUT2D eigenvalue weighted by atomic mass is 32.1. The summed E-state index contributed by atoms with van der Waals surface area (Å²) in [5, 5.41) is 11.0. The van der Waals surface area contributed by atoms with Crippen molar-refractivity contribution in [3.8, 4) is 10.6 Å². The predicted octanol–water partition coefficient (Wildman–Crippen LogP) is 4.24. The molecule has 0 saturated heterocycles. The van der Waals surface area contributed by atoms with Gasteiger partial charge in [0.25, 0.3) is 5.91 Å². The first kappa shape index (κ1) is 14.0. The van der Waals surface area contributed by atoms with E-state index in [1.165, 1.54) is 22.7 Å². The highest BCUT2D eigenvalue weighted by molar-refractivity contribution is 7.14. The van der Waals surface area contributed by atoms with Crippen LogP contribution in [0.25, 0.3) is 10.6 Å². The molecular formula is C14H13N3O2S2. The summed E-state index contributed by atoms with van der Waals surface area (Å²) in [5.41, 5.74) is 1.22. The molecule has 0 saturated carbocycles. The Balaban J connectivity index is 1.73. The van der Waals surface area contributed by atoms with E-state index in [1.54, 1.807) is 6.07 Å². The summed E-state index contributed by atoms with van der Waals surface area (Å²) in [6.07, 6.45) is 0. The van der Waals surface area contributed by atoms with Gasteiger partial charge in [-0.05, 0) is 17.4 Å². The van der Waals surface area contributed by atoms with E-state index in [0.29, 0.717) is 16.8 Å². The van der Waals surface area contributed by atoms with Crippen molar-refractivity contribution < 1.29 is 9.32 Å². The quantitative estimate of drug-likeness (QED) is 0.781. The lowest BCUT2D eigenvalue weighted by Gasteiger charge is -1.98. The molecule has 3 heterocycles. The Hall–Kier alpha value is -1.99. The largest absolute Gasteiger partial charge is 0.355 e. The van der Waals surface area contributed by atoms with Crippen LogP contribution in [0.4, 0.5) is 5.13 Å². The number of amides is 1. The van der Waals surface area contributed by atoms with Crippen molar-refractivity contribution in [2.45, 2.75) is 19.8 Å². The summed E-state index contributed by atoms with van der Waals surface area (Å²) < 4.78 is 5.19. The van der Waals surface area contributed by atoms with Crippen molar-refractivity contribution in [2.75, 3.05) is 5.32 Å². The number of rotatable bonds is 4.